The van der Waals surface area contributed by atoms with Crippen molar-refractivity contribution in [2.45, 2.75) is 52.0 Å². The van der Waals surface area contributed by atoms with Crippen LogP contribution in [0.2, 0.25) is 0 Å². The first-order chi connectivity index (χ1) is 6.14. The molecule has 1 N–H and O–H groups in total. The third-order valence-electron chi connectivity index (χ3n) is 2.49. The first-order valence-corrected chi connectivity index (χ1v) is 6.13. The summed E-state index contributed by atoms with van der Waals surface area (Å²) in [5.41, 5.74) is -0.0355. The summed E-state index contributed by atoms with van der Waals surface area (Å²) in [5, 5.41) is 3.93. The number of hydrogen-bond acceptors (Lipinski definition) is 1. The van der Waals surface area contributed by atoms with E-state index in [1.54, 1.807) is 0 Å². The summed E-state index contributed by atoms with van der Waals surface area (Å²) in [4.78, 5) is 11.4. The van der Waals surface area contributed by atoms with Gasteiger partial charge in [-0.3, -0.25) is 4.79 Å². The van der Waals surface area contributed by atoms with Crippen molar-refractivity contribution in [1.29, 1.82) is 0 Å². The lowest BCUT2D eigenvalue weighted by Gasteiger charge is -2.30. The quantitative estimate of drug-likeness (QED) is 0.721. The molecule has 0 saturated carbocycles. The Morgan fingerprint density at radius 3 is 2.15 bits per heavy atom. The molecule has 0 heterocycles. The van der Waals surface area contributed by atoms with Crippen molar-refractivity contribution in [1.82, 2.24) is 5.32 Å². The van der Waals surface area contributed by atoms with Crippen molar-refractivity contribution < 1.29 is 4.79 Å². The van der Waals surface area contributed by atoms with E-state index in [9.17, 15) is 4.79 Å². The van der Waals surface area contributed by atoms with Crippen molar-refractivity contribution in [3.63, 3.8) is 0 Å². The number of nitrogens with one attached hydrogen (secondary N) is 1. The van der Waals surface area contributed by atoms with E-state index in [0.29, 0.717) is 6.42 Å². The van der Waals surface area contributed by atoms with E-state index in [2.05, 4.69) is 35.1 Å². The van der Waals surface area contributed by atoms with Crippen molar-refractivity contribution in [2.24, 2.45) is 0 Å². The van der Waals surface area contributed by atoms with Gasteiger partial charge in [0.25, 0.3) is 0 Å². The molecule has 0 saturated heterocycles. The molecule has 0 aliphatic rings. The molecule has 0 radical (unpaired) electrons. The van der Waals surface area contributed by atoms with Gasteiger partial charge in [0, 0.05) is 17.3 Å². The van der Waals surface area contributed by atoms with Gasteiger partial charge < -0.3 is 5.32 Å². The zero-order valence-electron chi connectivity index (χ0n) is 8.82. The monoisotopic (exact) mass is 249 g/mol. The number of amides is 1. The second-order valence-electron chi connectivity index (χ2n) is 3.42. The van der Waals surface area contributed by atoms with Gasteiger partial charge >= 0.3 is 0 Å². The van der Waals surface area contributed by atoms with Crippen molar-refractivity contribution in [3.05, 3.63) is 0 Å². The molecule has 13 heavy (non-hydrogen) atoms. The Kier molecular flexibility index (Phi) is 6.39. The number of carbonyl (C=O) groups is 1. The van der Waals surface area contributed by atoms with E-state index in [1.807, 2.05) is 6.92 Å². The smallest absolute Gasteiger partial charge is 0.220 e. The Hall–Kier alpha value is -0.0500. The molecule has 0 aromatic carbocycles. The van der Waals surface area contributed by atoms with Crippen LogP contribution in [0.15, 0.2) is 0 Å². The summed E-state index contributed by atoms with van der Waals surface area (Å²) < 4.78 is 0. The number of carbonyl (C=O) groups excluding carboxylic acids is 1. The predicted molar refractivity (Wildman–Crippen MR) is 60.2 cm³/mol. The van der Waals surface area contributed by atoms with Crippen LogP contribution in [0.3, 0.4) is 0 Å². The van der Waals surface area contributed by atoms with E-state index in [1.165, 1.54) is 0 Å². The lowest BCUT2D eigenvalue weighted by molar-refractivity contribution is -0.122. The highest BCUT2D eigenvalue weighted by atomic mass is 79.9. The zero-order valence-corrected chi connectivity index (χ0v) is 10.4. The Morgan fingerprint density at radius 2 is 1.85 bits per heavy atom. The minimum atomic E-state index is -0.0355. The van der Waals surface area contributed by atoms with Gasteiger partial charge in [-0.25, -0.2) is 0 Å². The topological polar surface area (TPSA) is 29.1 Å². The Balaban J connectivity index is 4.16. The van der Waals surface area contributed by atoms with Crippen LogP contribution in [0.5, 0.6) is 0 Å². The molecule has 0 atom stereocenters. The molecule has 0 spiro atoms. The van der Waals surface area contributed by atoms with Crippen molar-refractivity contribution in [3.8, 4) is 0 Å². The van der Waals surface area contributed by atoms with Gasteiger partial charge in [0.2, 0.25) is 5.91 Å². The SMILES string of the molecule is CCCC(=O)NC(CC)(CC)CBr. The normalized spacial score (nSPS) is 11.4. The van der Waals surface area contributed by atoms with Crippen LogP contribution in [0, 0.1) is 0 Å². The fourth-order valence-corrected chi connectivity index (χ4v) is 2.17. The fraction of sp³-hybridized carbons (Fsp3) is 0.900. The van der Waals surface area contributed by atoms with E-state index < -0.39 is 0 Å². The minimum absolute atomic E-state index is 0.0355. The van der Waals surface area contributed by atoms with E-state index >= 15 is 0 Å². The molecule has 78 valence electrons. The lowest BCUT2D eigenvalue weighted by atomic mass is 9.95. The first kappa shape index (κ1) is 12.9. The van der Waals surface area contributed by atoms with Crippen LogP contribution < -0.4 is 5.32 Å². The second-order valence-corrected chi connectivity index (χ2v) is 3.98. The van der Waals surface area contributed by atoms with Crippen LogP contribution in [0.1, 0.15) is 46.5 Å². The summed E-state index contributed by atoms with van der Waals surface area (Å²) >= 11 is 3.46. The predicted octanol–water partition coefficient (Wildman–Crippen LogP) is 2.86. The summed E-state index contributed by atoms with van der Waals surface area (Å²) in [5.74, 6) is 0.172. The highest BCUT2D eigenvalue weighted by Crippen LogP contribution is 2.18. The molecule has 0 fully saturated rings. The molecule has 0 aromatic heterocycles. The molecule has 3 heteroatoms. The summed E-state index contributed by atoms with van der Waals surface area (Å²) in [6, 6.07) is 0. The number of halogens is 1. The van der Waals surface area contributed by atoms with Gasteiger partial charge in [0.05, 0.1) is 0 Å². The van der Waals surface area contributed by atoms with E-state index in [0.717, 1.165) is 24.6 Å². The molecular formula is C10H20BrNO. The number of alkyl halides is 1. The molecule has 2 nitrogen and oxygen atoms in total. The highest BCUT2D eigenvalue weighted by Gasteiger charge is 2.25. The molecular weight excluding hydrogens is 230 g/mol. The van der Waals surface area contributed by atoms with Gasteiger partial charge in [0.15, 0.2) is 0 Å². The second kappa shape index (κ2) is 6.41. The summed E-state index contributed by atoms with van der Waals surface area (Å²) in [6.07, 6.45) is 3.50. The largest absolute Gasteiger partial charge is 0.350 e. The van der Waals surface area contributed by atoms with Crippen LogP contribution in [-0.2, 0) is 4.79 Å². The summed E-state index contributed by atoms with van der Waals surface area (Å²) in [7, 11) is 0. The fourth-order valence-electron chi connectivity index (χ4n) is 1.23. The average Bonchev–Trinajstić information content (AvgIpc) is 2.15. The highest BCUT2D eigenvalue weighted by molar-refractivity contribution is 9.09. The first-order valence-electron chi connectivity index (χ1n) is 5.01. The third-order valence-corrected chi connectivity index (χ3v) is 3.56. The van der Waals surface area contributed by atoms with E-state index in [4.69, 9.17) is 0 Å². The summed E-state index contributed by atoms with van der Waals surface area (Å²) in [6.45, 7) is 6.24. The van der Waals surface area contributed by atoms with Crippen LogP contribution in [0.25, 0.3) is 0 Å². The Labute approximate surface area is 89.6 Å². The number of rotatable bonds is 6. The van der Waals surface area contributed by atoms with Gasteiger partial charge in [-0.15, -0.1) is 0 Å². The molecule has 0 rings (SSSR count). The molecule has 0 unspecified atom stereocenters. The Bertz CT molecular complexity index is 147. The zero-order chi connectivity index (χ0) is 10.3. The van der Waals surface area contributed by atoms with Gasteiger partial charge in [0.1, 0.15) is 0 Å². The molecule has 1 amide bonds. The van der Waals surface area contributed by atoms with E-state index in [-0.39, 0.29) is 11.4 Å². The van der Waals surface area contributed by atoms with Crippen LogP contribution in [-0.4, -0.2) is 16.8 Å². The maximum atomic E-state index is 11.4. The Morgan fingerprint density at radius 1 is 1.31 bits per heavy atom. The van der Waals surface area contributed by atoms with Gasteiger partial charge in [-0.05, 0) is 19.3 Å². The average molecular weight is 250 g/mol. The lowest BCUT2D eigenvalue weighted by Crippen LogP contribution is -2.49. The molecule has 0 aromatic rings. The van der Waals surface area contributed by atoms with Crippen molar-refractivity contribution >= 4 is 21.8 Å². The minimum Gasteiger partial charge on any atom is -0.350 e. The maximum Gasteiger partial charge on any atom is 0.220 e. The van der Waals surface area contributed by atoms with Gasteiger partial charge in [-0.2, -0.15) is 0 Å². The molecule has 0 aliphatic carbocycles. The third kappa shape index (κ3) is 4.12. The van der Waals surface area contributed by atoms with Crippen molar-refractivity contribution in [2.75, 3.05) is 5.33 Å². The van der Waals surface area contributed by atoms with Gasteiger partial charge in [-0.1, -0.05) is 36.7 Å². The number of hydrogen-bond donors (Lipinski definition) is 1. The van der Waals surface area contributed by atoms with Crippen LogP contribution in [0.4, 0.5) is 0 Å². The molecule has 0 bridgehead atoms. The molecule has 0 aliphatic heterocycles. The maximum absolute atomic E-state index is 11.4. The standard InChI is InChI=1S/C10H20BrNO/c1-4-7-9(13)12-10(5-2,6-3)8-11/h4-8H2,1-3H3,(H,12,13). The van der Waals surface area contributed by atoms with Crippen LogP contribution >= 0.6 is 15.9 Å².